The Morgan fingerprint density at radius 2 is 1.80 bits per heavy atom. The second kappa shape index (κ2) is 6.09. The highest BCUT2D eigenvalue weighted by Crippen LogP contribution is 2.20. The number of carbonyl (C=O) groups is 2. The van der Waals surface area contributed by atoms with E-state index in [2.05, 4.69) is 6.07 Å². The third kappa shape index (κ3) is 3.20. The van der Waals surface area contributed by atoms with E-state index >= 15 is 0 Å². The van der Waals surface area contributed by atoms with Crippen LogP contribution < -0.4 is 0 Å². The van der Waals surface area contributed by atoms with Crippen molar-refractivity contribution in [2.75, 3.05) is 6.26 Å². The first-order valence-electron chi connectivity index (χ1n) is 6.30. The van der Waals surface area contributed by atoms with Gasteiger partial charge >= 0.3 is 5.97 Å². The normalized spacial score (nSPS) is 12.3. The Kier molecular flexibility index (Phi) is 4.45. The van der Waals surface area contributed by atoms with Gasteiger partial charge in [-0.1, -0.05) is 35.9 Å². The zero-order chi connectivity index (χ0) is 14.7. The summed E-state index contributed by atoms with van der Waals surface area (Å²) in [4.78, 5) is 23.1. The lowest BCUT2D eigenvalue weighted by Gasteiger charge is -2.09. The summed E-state index contributed by atoms with van der Waals surface area (Å²) in [6.45, 7) is 2.02. The summed E-state index contributed by atoms with van der Waals surface area (Å²) in [5.41, 5.74) is 1.74. The van der Waals surface area contributed by atoms with Gasteiger partial charge in [-0.15, -0.1) is 11.8 Å². The van der Waals surface area contributed by atoms with Gasteiger partial charge in [0.15, 0.2) is 5.78 Å². The Bertz CT molecular complexity index is 664. The minimum atomic E-state index is -0.942. The van der Waals surface area contributed by atoms with Crippen molar-refractivity contribution in [3.63, 3.8) is 0 Å². The number of rotatable bonds is 5. The first-order chi connectivity index (χ1) is 9.51. The topological polar surface area (TPSA) is 54.4 Å². The van der Waals surface area contributed by atoms with E-state index in [0.717, 1.165) is 10.8 Å². The van der Waals surface area contributed by atoms with E-state index in [-0.39, 0.29) is 12.2 Å². The van der Waals surface area contributed by atoms with E-state index in [1.54, 1.807) is 12.3 Å². The smallest absolute Gasteiger partial charge is 0.317 e. The van der Waals surface area contributed by atoms with Crippen molar-refractivity contribution < 1.29 is 14.7 Å². The van der Waals surface area contributed by atoms with Crippen molar-refractivity contribution in [3.05, 3.63) is 47.5 Å². The number of thioether (sulfide) groups is 1. The maximum atomic E-state index is 12.2. The predicted octanol–water partition coefficient (Wildman–Crippen LogP) is 3.54. The third-order valence-electron chi connectivity index (χ3n) is 3.25. The van der Waals surface area contributed by atoms with Crippen LogP contribution in [0.4, 0.5) is 0 Å². The number of ketones is 1. The van der Waals surface area contributed by atoms with Gasteiger partial charge in [0, 0.05) is 12.0 Å². The highest BCUT2D eigenvalue weighted by atomic mass is 32.2. The number of aryl methyl sites for hydroxylation is 1. The highest BCUT2D eigenvalue weighted by Gasteiger charge is 2.20. The Hall–Kier alpha value is -1.81. The lowest BCUT2D eigenvalue weighted by molar-refractivity contribution is -0.136. The largest absolute Gasteiger partial charge is 0.480 e. The summed E-state index contributed by atoms with van der Waals surface area (Å²) >= 11 is 1.19. The summed E-state index contributed by atoms with van der Waals surface area (Å²) < 4.78 is 0. The van der Waals surface area contributed by atoms with E-state index < -0.39 is 11.2 Å². The minimum Gasteiger partial charge on any atom is -0.480 e. The molecule has 0 fully saturated rings. The van der Waals surface area contributed by atoms with Crippen molar-refractivity contribution in [1.82, 2.24) is 0 Å². The lowest BCUT2D eigenvalue weighted by Crippen LogP contribution is -2.20. The number of fused-ring (bicyclic) bond motifs is 1. The molecule has 2 aromatic rings. The van der Waals surface area contributed by atoms with Crippen LogP contribution in [0, 0.1) is 6.92 Å². The second-order valence-electron chi connectivity index (χ2n) is 4.76. The van der Waals surface area contributed by atoms with E-state index in [4.69, 9.17) is 5.11 Å². The van der Waals surface area contributed by atoms with Crippen LogP contribution in [0.3, 0.4) is 0 Å². The molecule has 2 rings (SSSR count). The molecular weight excluding hydrogens is 272 g/mol. The van der Waals surface area contributed by atoms with Gasteiger partial charge in [-0.25, -0.2) is 0 Å². The average molecular weight is 288 g/mol. The number of hydrogen-bond donors (Lipinski definition) is 1. The summed E-state index contributed by atoms with van der Waals surface area (Å²) in [7, 11) is 0. The average Bonchev–Trinajstić information content (AvgIpc) is 2.43. The predicted molar refractivity (Wildman–Crippen MR) is 82.6 cm³/mol. The maximum absolute atomic E-state index is 12.2. The number of carbonyl (C=O) groups excluding carboxylic acids is 1. The van der Waals surface area contributed by atoms with Crippen molar-refractivity contribution in [2.24, 2.45) is 0 Å². The van der Waals surface area contributed by atoms with Gasteiger partial charge in [0.25, 0.3) is 0 Å². The van der Waals surface area contributed by atoms with E-state index in [0.29, 0.717) is 5.56 Å². The molecule has 0 heterocycles. The number of hydrogen-bond acceptors (Lipinski definition) is 3. The molecule has 4 heteroatoms. The van der Waals surface area contributed by atoms with E-state index in [1.165, 1.54) is 17.3 Å². The number of Topliss-reactive ketones (excluding diaryl/α,β-unsaturated/α-hetero) is 1. The molecule has 2 aromatic carbocycles. The third-order valence-corrected chi connectivity index (χ3v) is 4.19. The van der Waals surface area contributed by atoms with Gasteiger partial charge in [0.05, 0.1) is 0 Å². The van der Waals surface area contributed by atoms with E-state index in [1.807, 2.05) is 31.2 Å². The van der Waals surface area contributed by atoms with Gasteiger partial charge in [-0.3, -0.25) is 9.59 Å². The van der Waals surface area contributed by atoms with Gasteiger partial charge in [-0.05, 0) is 30.0 Å². The Labute approximate surface area is 122 Å². The molecule has 0 amide bonds. The van der Waals surface area contributed by atoms with Crippen LogP contribution in [-0.2, 0) is 4.79 Å². The standard InChI is InChI=1S/C16H16O3S/c1-10-3-4-12-8-13(6-5-11(12)7-10)14(17)9-15(20-2)16(18)19/h3-8,15H,9H2,1-2H3,(H,18,19). The van der Waals surface area contributed by atoms with Crippen LogP contribution in [-0.4, -0.2) is 28.4 Å². The van der Waals surface area contributed by atoms with Crippen LogP contribution in [0.15, 0.2) is 36.4 Å². The van der Waals surface area contributed by atoms with Gasteiger partial charge in [-0.2, -0.15) is 0 Å². The molecule has 0 aliphatic rings. The van der Waals surface area contributed by atoms with Crippen LogP contribution in [0.5, 0.6) is 0 Å². The SMILES string of the molecule is CSC(CC(=O)c1ccc2cc(C)ccc2c1)C(=O)O. The van der Waals surface area contributed by atoms with Crippen LogP contribution >= 0.6 is 11.8 Å². The molecule has 104 valence electrons. The number of carboxylic acids is 1. The van der Waals surface area contributed by atoms with Crippen molar-refractivity contribution in [1.29, 1.82) is 0 Å². The second-order valence-corrected chi connectivity index (χ2v) is 5.80. The zero-order valence-corrected chi connectivity index (χ0v) is 12.2. The molecule has 20 heavy (non-hydrogen) atoms. The molecule has 0 aliphatic carbocycles. The van der Waals surface area contributed by atoms with Crippen molar-refractivity contribution in [2.45, 2.75) is 18.6 Å². The van der Waals surface area contributed by atoms with Crippen molar-refractivity contribution in [3.8, 4) is 0 Å². The Morgan fingerprint density at radius 1 is 1.15 bits per heavy atom. The molecular formula is C16H16O3S. The molecule has 0 spiro atoms. The summed E-state index contributed by atoms with van der Waals surface area (Å²) in [5, 5.41) is 10.4. The number of benzene rings is 2. The van der Waals surface area contributed by atoms with Gasteiger partial charge in [0.2, 0.25) is 0 Å². The number of aliphatic carboxylic acids is 1. The van der Waals surface area contributed by atoms with Crippen LogP contribution in [0.25, 0.3) is 10.8 Å². The first-order valence-corrected chi connectivity index (χ1v) is 7.59. The monoisotopic (exact) mass is 288 g/mol. The molecule has 0 aliphatic heterocycles. The van der Waals surface area contributed by atoms with Crippen molar-refractivity contribution >= 4 is 34.3 Å². The fourth-order valence-electron chi connectivity index (χ4n) is 2.10. The summed E-state index contributed by atoms with van der Waals surface area (Å²) in [5.74, 6) is -1.07. The summed E-state index contributed by atoms with van der Waals surface area (Å²) in [6.07, 6.45) is 1.73. The number of carboxylic acid groups (broad SMARTS) is 1. The fraction of sp³-hybridized carbons (Fsp3) is 0.250. The molecule has 0 radical (unpaired) electrons. The zero-order valence-electron chi connectivity index (χ0n) is 11.4. The molecule has 1 N–H and O–H groups in total. The highest BCUT2D eigenvalue weighted by molar-refractivity contribution is 7.99. The minimum absolute atomic E-state index is 0.0217. The van der Waals surface area contributed by atoms with E-state index in [9.17, 15) is 9.59 Å². The molecule has 0 aromatic heterocycles. The lowest BCUT2D eigenvalue weighted by atomic mass is 10.0. The molecule has 0 saturated heterocycles. The molecule has 0 saturated carbocycles. The van der Waals surface area contributed by atoms with Crippen LogP contribution in [0.1, 0.15) is 22.3 Å². The fourth-order valence-corrected chi connectivity index (χ4v) is 2.62. The maximum Gasteiger partial charge on any atom is 0.317 e. The molecule has 1 atom stereocenters. The van der Waals surface area contributed by atoms with Gasteiger partial charge < -0.3 is 5.11 Å². The molecule has 0 bridgehead atoms. The molecule has 1 unspecified atom stereocenters. The Balaban J connectivity index is 2.26. The Morgan fingerprint density at radius 3 is 2.45 bits per heavy atom. The molecule has 3 nitrogen and oxygen atoms in total. The van der Waals surface area contributed by atoms with Gasteiger partial charge in [0.1, 0.15) is 5.25 Å². The first kappa shape index (κ1) is 14.6. The quantitative estimate of drug-likeness (QED) is 0.855. The summed E-state index contributed by atoms with van der Waals surface area (Å²) in [6, 6.07) is 11.5. The van der Waals surface area contributed by atoms with Crippen LogP contribution in [0.2, 0.25) is 0 Å².